The van der Waals surface area contributed by atoms with Crippen LogP contribution in [0.1, 0.15) is 24.8 Å². The molecular formula is C20H26N4O2. The number of nitrogens with one attached hydrogen (secondary N) is 1. The number of nitrogens with zero attached hydrogens (tertiary/aromatic N) is 3. The van der Waals surface area contributed by atoms with Gasteiger partial charge in [0.1, 0.15) is 0 Å². The average molecular weight is 354 g/mol. The molecule has 0 bridgehead atoms. The highest BCUT2D eigenvalue weighted by molar-refractivity contribution is 5.83. The molecular weight excluding hydrogens is 328 g/mol. The lowest BCUT2D eigenvalue weighted by molar-refractivity contribution is -0.138. The van der Waals surface area contributed by atoms with Gasteiger partial charge in [0.15, 0.2) is 0 Å². The second-order valence-corrected chi connectivity index (χ2v) is 6.72. The van der Waals surface area contributed by atoms with Gasteiger partial charge >= 0.3 is 0 Å². The van der Waals surface area contributed by atoms with Gasteiger partial charge in [0, 0.05) is 38.4 Å². The maximum absolute atomic E-state index is 12.4. The van der Waals surface area contributed by atoms with Crippen LogP contribution in [-0.4, -0.2) is 46.1 Å². The third kappa shape index (κ3) is 5.18. The predicted molar refractivity (Wildman–Crippen MR) is 99.3 cm³/mol. The SMILES string of the molecule is O=C(NCCn1cccn1)[C@H]1CCC(=O)N(CCCc2ccccc2)C1. The standard InChI is InChI=1S/C20H26N4O2/c25-19-10-9-18(20(26)21-12-15-24-14-5-11-22-24)16-23(19)13-4-8-17-6-2-1-3-7-17/h1-3,5-7,11,14,18H,4,8-10,12-13,15-16H2,(H,21,26)/t18-/m0/s1. The summed E-state index contributed by atoms with van der Waals surface area (Å²) in [5.41, 5.74) is 1.28. The van der Waals surface area contributed by atoms with Crippen molar-refractivity contribution >= 4 is 11.8 Å². The molecule has 1 N–H and O–H groups in total. The summed E-state index contributed by atoms with van der Waals surface area (Å²) in [5, 5.41) is 7.09. The zero-order valence-corrected chi connectivity index (χ0v) is 15.0. The average Bonchev–Trinajstić information content (AvgIpc) is 3.17. The van der Waals surface area contributed by atoms with Crippen LogP contribution in [0.3, 0.4) is 0 Å². The van der Waals surface area contributed by atoms with Crippen molar-refractivity contribution in [2.24, 2.45) is 5.92 Å². The van der Waals surface area contributed by atoms with E-state index < -0.39 is 0 Å². The fraction of sp³-hybridized carbons (Fsp3) is 0.450. The minimum absolute atomic E-state index is 0.0396. The van der Waals surface area contributed by atoms with Crippen LogP contribution in [0, 0.1) is 5.92 Å². The molecule has 2 heterocycles. The van der Waals surface area contributed by atoms with Crippen LogP contribution in [0.2, 0.25) is 0 Å². The molecule has 138 valence electrons. The molecule has 0 radical (unpaired) electrons. The van der Waals surface area contributed by atoms with Gasteiger partial charge in [-0.15, -0.1) is 0 Å². The molecule has 6 heteroatoms. The van der Waals surface area contributed by atoms with Crippen LogP contribution < -0.4 is 5.32 Å². The molecule has 3 rings (SSSR count). The zero-order valence-electron chi connectivity index (χ0n) is 15.0. The Labute approximate surface area is 154 Å². The van der Waals surface area contributed by atoms with Crippen molar-refractivity contribution in [3.05, 3.63) is 54.4 Å². The van der Waals surface area contributed by atoms with E-state index in [2.05, 4.69) is 22.5 Å². The Bertz CT molecular complexity index is 700. The van der Waals surface area contributed by atoms with Gasteiger partial charge in [0.2, 0.25) is 11.8 Å². The molecule has 1 saturated heterocycles. The first-order chi connectivity index (χ1) is 12.7. The van der Waals surface area contributed by atoms with Crippen molar-refractivity contribution in [2.75, 3.05) is 19.6 Å². The second-order valence-electron chi connectivity index (χ2n) is 6.72. The molecule has 26 heavy (non-hydrogen) atoms. The van der Waals surface area contributed by atoms with Crippen LogP contribution in [0.5, 0.6) is 0 Å². The fourth-order valence-corrected chi connectivity index (χ4v) is 3.33. The van der Waals surface area contributed by atoms with E-state index in [1.54, 1.807) is 10.9 Å². The third-order valence-corrected chi connectivity index (χ3v) is 4.81. The van der Waals surface area contributed by atoms with E-state index in [4.69, 9.17) is 0 Å². The molecule has 1 aliphatic heterocycles. The van der Waals surface area contributed by atoms with Crippen molar-refractivity contribution in [3.8, 4) is 0 Å². The number of benzene rings is 1. The van der Waals surface area contributed by atoms with E-state index in [-0.39, 0.29) is 17.7 Å². The van der Waals surface area contributed by atoms with Crippen molar-refractivity contribution < 1.29 is 9.59 Å². The maximum atomic E-state index is 12.4. The van der Waals surface area contributed by atoms with Gasteiger partial charge < -0.3 is 10.2 Å². The van der Waals surface area contributed by atoms with Crippen molar-refractivity contribution in [1.29, 1.82) is 0 Å². The minimum atomic E-state index is -0.109. The molecule has 2 aromatic rings. The number of piperidine rings is 1. The van der Waals surface area contributed by atoms with E-state index >= 15 is 0 Å². The summed E-state index contributed by atoms with van der Waals surface area (Å²) in [7, 11) is 0. The fourth-order valence-electron chi connectivity index (χ4n) is 3.33. The molecule has 0 spiro atoms. The molecule has 0 saturated carbocycles. The molecule has 1 fully saturated rings. The topological polar surface area (TPSA) is 67.2 Å². The highest BCUT2D eigenvalue weighted by Crippen LogP contribution is 2.18. The predicted octanol–water partition coefficient (Wildman–Crippen LogP) is 1.87. The Balaban J connectivity index is 1.41. The van der Waals surface area contributed by atoms with Gasteiger partial charge in [-0.05, 0) is 30.9 Å². The van der Waals surface area contributed by atoms with Crippen LogP contribution in [0.25, 0.3) is 0 Å². The normalized spacial score (nSPS) is 17.3. The van der Waals surface area contributed by atoms with E-state index in [0.29, 0.717) is 39.0 Å². The number of likely N-dealkylation sites (tertiary alicyclic amines) is 1. The van der Waals surface area contributed by atoms with E-state index in [0.717, 1.165) is 12.8 Å². The lowest BCUT2D eigenvalue weighted by Crippen LogP contribution is -2.46. The van der Waals surface area contributed by atoms with Gasteiger partial charge in [-0.1, -0.05) is 30.3 Å². The number of rotatable bonds is 8. The first-order valence-corrected chi connectivity index (χ1v) is 9.29. The third-order valence-electron chi connectivity index (χ3n) is 4.81. The quantitative estimate of drug-likeness (QED) is 0.787. The van der Waals surface area contributed by atoms with E-state index in [9.17, 15) is 9.59 Å². The second kappa shape index (κ2) is 9.17. The maximum Gasteiger partial charge on any atom is 0.224 e. The summed E-state index contributed by atoms with van der Waals surface area (Å²) in [6, 6.07) is 12.1. The number of aromatic nitrogens is 2. The number of carbonyl (C=O) groups is 2. The number of hydrogen-bond acceptors (Lipinski definition) is 3. The van der Waals surface area contributed by atoms with E-state index in [1.807, 2.05) is 35.4 Å². The monoisotopic (exact) mass is 354 g/mol. The van der Waals surface area contributed by atoms with Gasteiger partial charge in [0.05, 0.1) is 12.5 Å². The summed E-state index contributed by atoms with van der Waals surface area (Å²) in [6.45, 7) is 2.45. The van der Waals surface area contributed by atoms with Gasteiger partial charge in [-0.3, -0.25) is 14.3 Å². The molecule has 0 aliphatic carbocycles. The Morgan fingerprint density at radius 1 is 1.19 bits per heavy atom. The van der Waals surface area contributed by atoms with Gasteiger partial charge in [-0.25, -0.2) is 0 Å². The summed E-state index contributed by atoms with van der Waals surface area (Å²) >= 11 is 0. The first kappa shape index (κ1) is 18.2. The van der Waals surface area contributed by atoms with Crippen LogP contribution in [-0.2, 0) is 22.6 Å². The Morgan fingerprint density at radius 3 is 2.81 bits per heavy atom. The smallest absolute Gasteiger partial charge is 0.224 e. The number of hydrogen-bond donors (Lipinski definition) is 1. The number of amides is 2. The lowest BCUT2D eigenvalue weighted by atomic mass is 9.96. The van der Waals surface area contributed by atoms with Crippen LogP contribution >= 0.6 is 0 Å². The number of carbonyl (C=O) groups excluding carboxylic acids is 2. The highest BCUT2D eigenvalue weighted by Gasteiger charge is 2.29. The Kier molecular flexibility index (Phi) is 6.41. The summed E-state index contributed by atoms with van der Waals surface area (Å²) in [6.07, 6.45) is 6.57. The van der Waals surface area contributed by atoms with E-state index in [1.165, 1.54) is 5.56 Å². The van der Waals surface area contributed by atoms with Crippen molar-refractivity contribution in [2.45, 2.75) is 32.2 Å². The first-order valence-electron chi connectivity index (χ1n) is 9.29. The molecule has 1 aromatic carbocycles. The lowest BCUT2D eigenvalue weighted by Gasteiger charge is -2.32. The largest absolute Gasteiger partial charge is 0.354 e. The summed E-state index contributed by atoms with van der Waals surface area (Å²) in [5.74, 6) is 0.0958. The van der Waals surface area contributed by atoms with Crippen LogP contribution in [0.15, 0.2) is 48.8 Å². The molecule has 2 amide bonds. The number of aryl methyl sites for hydroxylation is 1. The Hall–Kier alpha value is -2.63. The molecule has 1 atom stereocenters. The van der Waals surface area contributed by atoms with Crippen molar-refractivity contribution in [1.82, 2.24) is 20.0 Å². The summed E-state index contributed by atoms with van der Waals surface area (Å²) in [4.78, 5) is 26.4. The van der Waals surface area contributed by atoms with Crippen molar-refractivity contribution in [3.63, 3.8) is 0 Å². The molecule has 6 nitrogen and oxygen atoms in total. The zero-order chi connectivity index (χ0) is 18.2. The molecule has 1 aromatic heterocycles. The van der Waals surface area contributed by atoms with Gasteiger partial charge in [-0.2, -0.15) is 5.10 Å². The summed E-state index contributed by atoms with van der Waals surface area (Å²) < 4.78 is 1.79. The van der Waals surface area contributed by atoms with Gasteiger partial charge in [0.25, 0.3) is 0 Å². The van der Waals surface area contributed by atoms with Crippen LogP contribution in [0.4, 0.5) is 0 Å². The molecule has 0 unspecified atom stereocenters. The highest BCUT2D eigenvalue weighted by atomic mass is 16.2. The minimum Gasteiger partial charge on any atom is -0.354 e. The Morgan fingerprint density at radius 2 is 2.04 bits per heavy atom. The molecule has 1 aliphatic rings.